The number of ether oxygens (including phenoxy) is 1. The van der Waals surface area contributed by atoms with Crippen LogP contribution in [0.25, 0.3) is 0 Å². The molecule has 0 aromatic heterocycles. The van der Waals surface area contributed by atoms with E-state index in [1.807, 2.05) is 0 Å². The van der Waals surface area contributed by atoms with Gasteiger partial charge in [-0.1, -0.05) is 0 Å². The molecule has 1 spiro atoms. The standard InChI is InChI=1S/C8H13NO/c1-2-10-6-8-3-7(4-8)5-9(1)8/h7H,1-6H2. The van der Waals surface area contributed by atoms with Crippen molar-refractivity contribution in [3.8, 4) is 0 Å². The van der Waals surface area contributed by atoms with Crippen molar-refractivity contribution >= 4 is 0 Å². The molecule has 0 aromatic carbocycles. The highest BCUT2D eigenvalue weighted by Gasteiger charge is 2.56. The van der Waals surface area contributed by atoms with Crippen LogP contribution >= 0.6 is 0 Å². The first kappa shape index (κ1) is 5.56. The molecule has 0 radical (unpaired) electrons. The fourth-order valence-corrected chi connectivity index (χ4v) is 2.88. The predicted molar refractivity (Wildman–Crippen MR) is 37.8 cm³/mol. The zero-order chi connectivity index (χ0) is 6.60. The van der Waals surface area contributed by atoms with E-state index in [1.54, 1.807) is 0 Å². The van der Waals surface area contributed by atoms with Gasteiger partial charge in [0.1, 0.15) is 0 Å². The fraction of sp³-hybridized carbons (Fsp3) is 1.00. The molecule has 0 N–H and O–H groups in total. The molecule has 3 aliphatic heterocycles. The van der Waals surface area contributed by atoms with Crippen LogP contribution in [0.1, 0.15) is 12.8 Å². The molecule has 3 heterocycles. The van der Waals surface area contributed by atoms with Gasteiger partial charge in [-0.3, -0.25) is 4.90 Å². The van der Waals surface area contributed by atoms with Crippen LogP contribution in [0.2, 0.25) is 0 Å². The second-order valence-electron chi connectivity index (χ2n) is 4.00. The van der Waals surface area contributed by atoms with Crippen LogP contribution in [-0.2, 0) is 4.74 Å². The van der Waals surface area contributed by atoms with Gasteiger partial charge in [0.2, 0.25) is 0 Å². The van der Waals surface area contributed by atoms with Crippen LogP contribution in [0, 0.1) is 5.92 Å². The Balaban J connectivity index is 1.90. The third-order valence-electron chi connectivity index (χ3n) is 3.36. The average molecular weight is 139 g/mol. The summed E-state index contributed by atoms with van der Waals surface area (Å²) in [5, 5.41) is 0. The summed E-state index contributed by atoms with van der Waals surface area (Å²) >= 11 is 0. The highest BCUT2D eigenvalue weighted by molar-refractivity contribution is 5.11. The molecule has 0 atom stereocenters. The average Bonchev–Trinajstić information content (AvgIpc) is 2.37. The summed E-state index contributed by atoms with van der Waals surface area (Å²) in [4.78, 5) is 2.64. The Labute approximate surface area is 61.1 Å². The lowest BCUT2D eigenvalue weighted by atomic mass is 9.73. The van der Waals surface area contributed by atoms with Gasteiger partial charge in [-0.05, 0) is 18.8 Å². The molecule has 4 fully saturated rings. The van der Waals surface area contributed by atoms with Gasteiger partial charge in [0.25, 0.3) is 0 Å². The van der Waals surface area contributed by atoms with Gasteiger partial charge in [-0.25, -0.2) is 0 Å². The highest BCUT2D eigenvalue weighted by atomic mass is 16.5. The molecular weight excluding hydrogens is 126 g/mol. The molecule has 4 rings (SSSR count). The maximum Gasteiger partial charge on any atom is 0.0651 e. The Bertz CT molecular complexity index is 160. The van der Waals surface area contributed by atoms with E-state index in [1.165, 1.54) is 25.9 Å². The Morgan fingerprint density at radius 3 is 3.10 bits per heavy atom. The van der Waals surface area contributed by atoms with Gasteiger partial charge >= 0.3 is 0 Å². The molecule has 4 aliphatic rings. The highest BCUT2D eigenvalue weighted by Crippen LogP contribution is 2.51. The van der Waals surface area contributed by atoms with Gasteiger partial charge in [0.05, 0.1) is 13.2 Å². The molecule has 2 heteroatoms. The summed E-state index contributed by atoms with van der Waals surface area (Å²) in [6.45, 7) is 4.54. The summed E-state index contributed by atoms with van der Waals surface area (Å²) in [6, 6.07) is 0. The van der Waals surface area contributed by atoms with E-state index in [9.17, 15) is 0 Å². The lowest BCUT2D eigenvalue weighted by Gasteiger charge is -2.45. The van der Waals surface area contributed by atoms with Gasteiger partial charge in [0.15, 0.2) is 0 Å². The van der Waals surface area contributed by atoms with Crippen molar-refractivity contribution in [3.63, 3.8) is 0 Å². The second-order valence-corrected chi connectivity index (χ2v) is 4.00. The van der Waals surface area contributed by atoms with E-state index in [2.05, 4.69) is 4.90 Å². The number of hydrogen-bond acceptors (Lipinski definition) is 2. The molecule has 0 aromatic rings. The van der Waals surface area contributed by atoms with Crippen molar-refractivity contribution in [1.29, 1.82) is 0 Å². The van der Waals surface area contributed by atoms with Crippen molar-refractivity contribution in [2.24, 2.45) is 5.92 Å². The van der Waals surface area contributed by atoms with Crippen molar-refractivity contribution in [2.45, 2.75) is 18.4 Å². The van der Waals surface area contributed by atoms with Crippen LogP contribution in [0.3, 0.4) is 0 Å². The smallest absolute Gasteiger partial charge is 0.0651 e. The number of hydrogen-bond donors (Lipinski definition) is 0. The lowest BCUT2D eigenvalue weighted by molar-refractivity contribution is -0.0586. The maximum atomic E-state index is 5.48. The topological polar surface area (TPSA) is 12.5 Å². The third kappa shape index (κ3) is 0.487. The zero-order valence-electron chi connectivity index (χ0n) is 6.18. The molecule has 1 saturated carbocycles. The zero-order valence-corrected chi connectivity index (χ0v) is 6.18. The first-order chi connectivity index (χ1) is 4.89. The first-order valence-electron chi connectivity index (χ1n) is 4.22. The first-order valence-corrected chi connectivity index (χ1v) is 4.22. The lowest BCUT2D eigenvalue weighted by Crippen LogP contribution is -2.54. The maximum absolute atomic E-state index is 5.48. The second kappa shape index (κ2) is 1.56. The van der Waals surface area contributed by atoms with Crippen molar-refractivity contribution < 1.29 is 4.74 Å². The Morgan fingerprint density at radius 2 is 2.30 bits per heavy atom. The molecule has 3 saturated heterocycles. The summed E-state index contributed by atoms with van der Waals surface area (Å²) in [5.74, 6) is 1.03. The molecule has 0 unspecified atom stereocenters. The molecule has 10 heavy (non-hydrogen) atoms. The summed E-state index contributed by atoms with van der Waals surface area (Å²) in [7, 11) is 0. The van der Waals surface area contributed by atoms with Crippen LogP contribution in [0.5, 0.6) is 0 Å². The van der Waals surface area contributed by atoms with E-state index in [0.29, 0.717) is 5.54 Å². The van der Waals surface area contributed by atoms with E-state index < -0.39 is 0 Å². The van der Waals surface area contributed by atoms with E-state index in [0.717, 1.165) is 19.1 Å². The van der Waals surface area contributed by atoms with Gasteiger partial charge in [-0.2, -0.15) is 0 Å². The Hall–Kier alpha value is -0.0800. The predicted octanol–water partition coefficient (Wildman–Crippen LogP) is 0.481. The molecule has 56 valence electrons. The van der Waals surface area contributed by atoms with E-state index in [4.69, 9.17) is 4.74 Å². The largest absolute Gasteiger partial charge is 0.378 e. The van der Waals surface area contributed by atoms with Gasteiger partial charge in [-0.15, -0.1) is 0 Å². The molecule has 1 aliphatic carbocycles. The quantitative estimate of drug-likeness (QED) is 0.484. The van der Waals surface area contributed by atoms with Crippen LogP contribution in [-0.4, -0.2) is 36.7 Å². The van der Waals surface area contributed by atoms with E-state index in [-0.39, 0.29) is 0 Å². The summed E-state index contributed by atoms with van der Waals surface area (Å²) in [5.41, 5.74) is 0.545. The Morgan fingerprint density at radius 1 is 1.40 bits per heavy atom. The van der Waals surface area contributed by atoms with Crippen LogP contribution in [0.15, 0.2) is 0 Å². The summed E-state index contributed by atoms with van der Waals surface area (Å²) in [6.07, 6.45) is 2.85. The van der Waals surface area contributed by atoms with E-state index >= 15 is 0 Å². The minimum absolute atomic E-state index is 0.545. The number of morpholine rings is 1. The molecule has 0 amide bonds. The SMILES string of the molecule is C1CN2CC3CC2(CO1)C3. The van der Waals surface area contributed by atoms with Gasteiger partial charge in [0, 0.05) is 18.6 Å². The van der Waals surface area contributed by atoms with Crippen LogP contribution in [0.4, 0.5) is 0 Å². The molecule has 2 nitrogen and oxygen atoms in total. The number of rotatable bonds is 0. The monoisotopic (exact) mass is 139 g/mol. The minimum Gasteiger partial charge on any atom is -0.378 e. The minimum atomic E-state index is 0.545. The third-order valence-corrected chi connectivity index (χ3v) is 3.36. The van der Waals surface area contributed by atoms with Crippen molar-refractivity contribution in [1.82, 2.24) is 4.90 Å². The van der Waals surface area contributed by atoms with Crippen molar-refractivity contribution in [3.05, 3.63) is 0 Å². The van der Waals surface area contributed by atoms with Gasteiger partial charge < -0.3 is 4.74 Å². The molecule has 2 bridgehead atoms. The number of nitrogens with zero attached hydrogens (tertiary/aromatic N) is 1. The fourth-order valence-electron chi connectivity index (χ4n) is 2.88. The van der Waals surface area contributed by atoms with Crippen molar-refractivity contribution in [2.75, 3.05) is 26.3 Å². The normalized spacial score (nSPS) is 52.2. The summed E-state index contributed by atoms with van der Waals surface area (Å²) < 4.78 is 5.48. The molecular formula is C8H13NO. The Kier molecular flexibility index (Phi) is 0.868. The van der Waals surface area contributed by atoms with Crippen LogP contribution < -0.4 is 0 Å².